The molecule has 0 bridgehead atoms. The van der Waals surface area contributed by atoms with Crippen LogP contribution in [0, 0.1) is 6.92 Å². The third kappa shape index (κ3) is 3.23. The van der Waals surface area contributed by atoms with Crippen molar-refractivity contribution in [3.05, 3.63) is 84.9 Å². The normalized spacial score (nSPS) is 10.1. The summed E-state index contributed by atoms with van der Waals surface area (Å²) in [6.45, 7) is 2.01. The molecule has 4 aromatic rings. The Morgan fingerprint density at radius 3 is 2.00 bits per heavy atom. The predicted molar refractivity (Wildman–Crippen MR) is 88.2 cm³/mol. The molecule has 0 fully saturated rings. The average molecular weight is 272 g/mol. The lowest BCUT2D eigenvalue weighted by Gasteiger charge is -1.96. The van der Waals surface area contributed by atoms with Crippen LogP contribution < -0.4 is 0 Å². The molecule has 0 aliphatic rings. The zero-order valence-corrected chi connectivity index (χ0v) is 11.9. The van der Waals surface area contributed by atoms with Gasteiger partial charge >= 0.3 is 0 Å². The molecule has 2 aromatic carbocycles. The van der Waals surface area contributed by atoms with Crippen LogP contribution in [0.1, 0.15) is 5.69 Å². The van der Waals surface area contributed by atoms with Gasteiger partial charge in [-0.3, -0.25) is 9.97 Å². The number of hydrogen-bond donors (Lipinski definition) is 0. The topological polar surface area (TPSA) is 25.8 Å². The van der Waals surface area contributed by atoms with Crippen molar-refractivity contribution in [2.75, 3.05) is 0 Å². The second-order valence-corrected chi connectivity index (χ2v) is 4.90. The van der Waals surface area contributed by atoms with E-state index in [4.69, 9.17) is 0 Å². The molecule has 0 radical (unpaired) electrons. The van der Waals surface area contributed by atoms with Crippen LogP contribution in [-0.2, 0) is 0 Å². The van der Waals surface area contributed by atoms with E-state index in [0.717, 1.165) is 5.69 Å². The van der Waals surface area contributed by atoms with Crippen molar-refractivity contribution in [3.63, 3.8) is 0 Å². The number of nitrogens with zero attached hydrogens (tertiary/aromatic N) is 2. The average Bonchev–Trinajstić information content (AvgIpc) is 2.55. The van der Waals surface area contributed by atoms with Crippen LogP contribution in [0.25, 0.3) is 21.5 Å². The second kappa shape index (κ2) is 6.14. The first-order chi connectivity index (χ1) is 10.3. The Morgan fingerprint density at radius 2 is 1.29 bits per heavy atom. The number of fused-ring (bicyclic) bond motifs is 2. The van der Waals surface area contributed by atoms with Gasteiger partial charge in [0, 0.05) is 29.7 Å². The van der Waals surface area contributed by atoms with Crippen LogP contribution in [0.4, 0.5) is 0 Å². The summed E-state index contributed by atoms with van der Waals surface area (Å²) in [5, 5.41) is 4.92. The number of aryl methyl sites for hydroxylation is 1. The maximum absolute atomic E-state index is 4.21. The van der Waals surface area contributed by atoms with E-state index >= 15 is 0 Å². The van der Waals surface area contributed by atoms with E-state index in [2.05, 4.69) is 40.3 Å². The van der Waals surface area contributed by atoms with Crippen molar-refractivity contribution < 1.29 is 0 Å². The minimum atomic E-state index is 1.07. The number of pyridine rings is 2. The summed E-state index contributed by atoms with van der Waals surface area (Å²) in [5.74, 6) is 0. The maximum atomic E-state index is 4.21. The van der Waals surface area contributed by atoms with Crippen LogP contribution in [0.2, 0.25) is 0 Å². The Kier molecular flexibility index (Phi) is 3.88. The van der Waals surface area contributed by atoms with Gasteiger partial charge in [-0.05, 0) is 35.2 Å². The zero-order valence-electron chi connectivity index (χ0n) is 11.9. The highest BCUT2D eigenvalue weighted by molar-refractivity contribution is 5.82. The molecule has 0 saturated carbocycles. The van der Waals surface area contributed by atoms with E-state index in [1.54, 1.807) is 0 Å². The predicted octanol–water partition coefficient (Wildman–Crippen LogP) is 4.78. The molecule has 0 spiro atoms. The first kappa shape index (κ1) is 13.3. The zero-order chi connectivity index (χ0) is 14.5. The van der Waals surface area contributed by atoms with Gasteiger partial charge in [-0.1, -0.05) is 48.5 Å². The van der Waals surface area contributed by atoms with Gasteiger partial charge in [0.1, 0.15) is 0 Å². The largest absolute Gasteiger partial charge is 0.264 e. The molecule has 0 unspecified atom stereocenters. The minimum absolute atomic E-state index is 1.07. The molecule has 0 atom stereocenters. The molecule has 0 saturated heterocycles. The van der Waals surface area contributed by atoms with Crippen molar-refractivity contribution in [2.24, 2.45) is 0 Å². The summed E-state index contributed by atoms with van der Waals surface area (Å²) in [4.78, 5) is 8.22. The van der Waals surface area contributed by atoms with Crippen molar-refractivity contribution in [1.29, 1.82) is 0 Å². The molecule has 2 heterocycles. The van der Waals surface area contributed by atoms with Crippen LogP contribution in [0.15, 0.2) is 79.3 Å². The Bertz CT molecular complexity index is 803. The van der Waals surface area contributed by atoms with E-state index in [9.17, 15) is 0 Å². The van der Waals surface area contributed by atoms with E-state index in [1.807, 2.05) is 55.8 Å². The number of rotatable bonds is 0. The second-order valence-electron chi connectivity index (χ2n) is 4.90. The fourth-order valence-electron chi connectivity index (χ4n) is 2.22. The Labute approximate surface area is 124 Å². The van der Waals surface area contributed by atoms with E-state index in [0.29, 0.717) is 0 Å². The Hall–Kier alpha value is -2.74. The lowest BCUT2D eigenvalue weighted by molar-refractivity contribution is 1.22. The molecular weight excluding hydrogens is 256 g/mol. The molecule has 2 aromatic heterocycles. The molecule has 0 aliphatic heterocycles. The summed E-state index contributed by atoms with van der Waals surface area (Å²) in [7, 11) is 0. The molecule has 4 rings (SSSR count). The van der Waals surface area contributed by atoms with Crippen LogP contribution in [0.3, 0.4) is 0 Å². The molecule has 21 heavy (non-hydrogen) atoms. The summed E-state index contributed by atoms with van der Waals surface area (Å²) < 4.78 is 0. The fraction of sp³-hybridized carbons (Fsp3) is 0.0526. The van der Waals surface area contributed by atoms with Gasteiger partial charge in [-0.2, -0.15) is 0 Å². The lowest BCUT2D eigenvalue weighted by atomic mass is 10.1. The van der Waals surface area contributed by atoms with Gasteiger partial charge in [0.15, 0.2) is 0 Å². The van der Waals surface area contributed by atoms with Gasteiger partial charge in [0.25, 0.3) is 0 Å². The van der Waals surface area contributed by atoms with E-state index in [-0.39, 0.29) is 0 Å². The third-order valence-electron chi connectivity index (χ3n) is 3.32. The summed E-state index contributed by atoms with van der Waals surface area (Å²) in [6.07, 6.45) is 5.59. The molecule has 0 aliphatic carbocycles. The minimum Gasteiger partial charge on any atom is -0.264 e. The number of benzene rings is 2. The molecule has 0 amide bonds. The molecule has 0 N–H and O–H groups in total. The molecule has 2 nitrogen and oxygen atoms in total. The van der Waals surface area contributed by atoms with Crippen molar-refractivity contribution in [2.45, 2.75) is 6.92 Å². The smallest absolute Gasteiger partial charge is 0.0379 e. The fourth-order valence-corrected chi connectivity index (χ4v) is 2.22. The first-order valence-corrected chi connectivity index (χ1v) is 6.93. The Balaban J connectivity index is 0.000000126. The highest BCUT2D eigenvalue weighted by Crippen LogP contribution is 2.12. The Morgan fingerprint density at radius 1 is 0.667 bits per heavy atom. The highest BCUT2D eigenvalue weighted by atomic mass is 14.6. The third-order valence-corrected chi connectivity index (χ3v) is 3.32. The molecular formula is C19H16N2. The van der Waals surface area contributed by atoms with Crippen molar-refractivity contribution in [3.8, 4) is 0 Å². The number of hydrogen-bond acceptors (Lipinski definition) is 2. The van der Waals surface area contributed by atoms with Gasteiger partial charge < -0.3 is 0 Å². The van der Waals surface area contributed by atoms with Gasteiger partial charge in [0.05, 0.1) is 0 Å². The summed E-state index contributed by atoms with van der Waals surface area (Å²) in [5.41, 5.74) is 1.07. The van der Waals surface area contributed by atoms with E-state index in [1.165, 1.54) is 21.5 Å². The van der Waals surface area contributed by atoms with Gasteiger partial charge in [-0.15, -0.1) is 0 Å². The monoisotopic (exact) mass is 272 g/mol. The van der Waals surface area contributed by atoms with E-state index < -0.39 is 0 Å². The first-order valence-electron chi connectivity index (χ1n) is 6.93. The molecule has 2 heteroatoms. The van der Waals surface area contributed by atoms with Crippen LogP contribution in [0.5, 0.6) is 0 Å². The van der Waals surface area contributed by atoms with Gasteiger partial charge in [-0.25, -0.2) is 0 Å². The highest BCUT2D eigenvalue weighted by Gasteiger charge is 1.90. The summed E-state index contributed by atoms with van der Waals surface area (Å²) >= 11 is 0. The maximum Gasteiger partial charge on any atom is 0.0379 e. The molecule has 102 valence electrons. The van der Waals surface area contributed by atoms with Crippen molar-refractivity contribution in [1.82, 2.24) is 9.97 Å². The van der Waals surface area contributed by atoms with Gasteiger partial charge in [0.2, 0.25) is 0 Å². The lowest BCUT2D eigenvalue weighted by Crippen LogP contribution is -1.79. The SMILES string of the molecule is Cc1cc2ccccc2cn1.c1ccc2cnccc2c1. The van der Waals surface area contributed by atoms with Crippen molar-refractivity contribution >= 4 is 21.5 Å². The quantitative estimate of drug-likeness (QED) is 0.460. The standard InChI is InChI=1S/C10H9N.C9H7N/c1-8-6-9-4-2-3-5-10(9)7-11-8;1-2-4-9-7-10-6-5-8(9)3-1/h2-7H,1H3;1-7H. The van der Waals surface area contributed by atoms with Crippen LogP contribution in [-0.4, -0.2) is 9.97 Å². The summed E-state index contributed by atoms with van der Waals surface area (Å²) in [6, 6.07) is 20.5. The number of aromatic nitrogens is 2. The van der Waals surface area contributed by atoms with Crippen LogP contribution >= 0.6 is 0 Å².